The molecule has 1 saturated heterocycles. The van der Waals surface area contributed by atoms with E-state index in [2.05, 4.69) is 50.4 Å². The number of nitrogens with zero attached hydrogens (tertiary/aromatic N) is 4. The Morgan fingerprint density at radius 2 is 1.79 bits per heavy atom. The highest BCUT2D eigenvalue weighted by atomic mass is 15.2. The van der Waals surface area contributed by atoms with Crippen LogP contribution in [0.3, 0.4) is 0 Å². The first-order chi connectivity index (χ1) is 13.9. The molecule has 2 aromatic carbocycles. The van der Waals surface area contributed by atoms with E-state index in [9.17, 15) is 0 Å². The molecular formula is C23H23N5. The lowest BCUT2D eigenvalue weighted by atomic mass is 9.91. The zero-order valence-corrected chi connectivity index (χ0v) is 15.8. The van der Waals surface area contributed by atoms with Crippen LogP contribution >= 0.6 is 0 Å². The number of para-hydroxylation sites is 2. The Morgan fingerprint density at radius 3 is 2.68 bits per heavy atom. The van der Waals surface area contributed by atoms with Crippen LogP contribution in [0, 0.1) is 0 Å². The second-order valence-electron chi connectivity index (χ2n) is 7.47. The fraction of sp³-hybridized carbons (Fsp3) is 0.261. The number of hydrogen-bond acceptors (Lipinski definition) is 4. The topological polar surface area (TPSA) is 57.7 Å². The minimum Gasteiger partial charge on any atom is -0.355 e. The number of H-pyrrole nitrogens is 1. The maximum atomic E-state index is 4.84. The molecule has 0 amide bonds. The van der Waals surface area contributed by atoms with Crippen LogP contribution in [0.5, 0.6) is 0 Å². The third kappa shape index (κ3) is 3.36. The highest BCUT2D eigenvalue weighted by Crippen LogP contribution is 2.31. The maximum absolute atomic E-state index is 4.84. The van der Waals surface area contributed by atoms with Gasteiger partial charge >= 0.3 is 0 Å². The number of benzene rings is 2. The summed E-state index contributed by atoms with van der Waals surface area (Å²) in [5, 5.41) is 7.65. The molecule has 0 spiro atoms. The van der Waals surface area contributed by atoms with Crippen molar-refractivity contribution in [2.45, 2.75) is 25.2 Å². The molecule has 1 N–H and O–H groups in total. The van der Waals surface area contributed by atoms with Gasteiger partial charge in [0.05, 0.1) is 23.4 Å². The molecule has 1 atom stereocenters. The second-order valence-corrected chi connectivity index (χ2v) is 7.47. The Bertz CT molecular complexity index is 1070. The van der Waals surface area contributed by atoms with Crippen LogP contribution in [-0.2, 0) is 6.42 Å². The van der Waals surface area contributed by atoms with Gasteiger partial charge in [-0.3, -0.25) is 10.1 Å². The van der Waals surface area contributed by atoms with Crippen molar-refractivity contribution in [3.05, 3.63) is 83.8 Å². The molecule has 5 rings (SSSR count). The van der Waals surface area contributed by atoms with Crippen molar-refractivity contribution in [2.24, 2.45) is 0 Å². The largest absolute Gasteiger partial charge is 0.355 e. The van der Waals surface area contributed by atoms with Gasteiger partial charge in [0, 0.05) is 31.1 Å². The van der Waals surface area contributed by atoms with E-state index in [1.807, 2.05) is 36.7 Å². The number of nitrogens with one attached hydrogen (secondary N) is 1. The third-order valence-electron chi connectivity index (χ3n) is 5.58. The number of piperidine rings is 1. The fourth-order valence-electron chi connectivity index (χ4n) is 4.15. The van der Waals surface area contributed by atoms with Crippen molar-refractivity contribution in [1.29, 1.82) is 0 Å². The first kappa shape index (κ1) is 16.9. The lowest BCUT2D eigenvalue weighted by Gasteiger charge is -2.33. The molecule has 2 aromatic heterocycles. The lowest BCUT2D eigenvalue weighted by Crippen LogP contribution is -2.35. The van der Waals surface area contributed by atoms with Gasteiger partial charge in [-0.1, -0.05) is 42.5 Å². The molecular weight excluding hydrogens is 346 g/mol. The minimum absolute atomic E-state index is 0.434. The van der Waals surface area contributed by atoms with Gasteiger partial charge in [-0.2, -0.15) is 5.10 Å². The van der Waals surface area contributed by atoms with Crippen LogP contribution in [0.2, 0.25) is 0 Å². The zero-order chi connectivity index (χ0) is 18.8. The van der Waals surface area contributed by atoms with Crippen molar-refractivity contribution in [1.82, 2.24) is 20.2 Å². The van der Waals surface area contributed by atoms with Crippen LogP contribution in [0.1, 0.15) is 35.6 Å². The van der Waals surface area contributed by atoms with Crippen LogP contribution in [0.15, 0.2) is 67.0 Å². The van der Waals surface area contributed by atoms with Gasteiger partial charge < -0.3 is 4.90 Å². The summed E-state index contributed by atoms with van der Waals surface area (Å²) in [6.07, 6.45) is 7.11. The molecule has 5 nitrogen and oxygen atoms in total. The van der Waals surface area contributed by atoms with Crippen molar-refractivity contribution >= 4 is 16.9 Å². The monoisotopic (exact) mass is 369 g/mol. The summed E-state index contributed by atoms with van der Waals surface area (Å²) >= 11 is 0. The van der Waals surface area contributed by atoms with Crippen LogP contribution in [-0.4, -0.2) is 33.3 Å². The third-order valence-corrected chi connectivity index (χ3v) is 5.58. The quantitative estimate of drug-likeness (QED) is 0.582. The molecule has 5 heteroatoms. The highest BCUT2D eigenvalue weighted by molar-refractivity contribution is 5.75. The fourth-order valence-corrected chi connectivity index (χ4v) is 4.15. The van der Waals surface area contributed by atoms with Crippen LogP contribution in [0.4, 0.5) is 5.82 Å². The summed E-state index contributed by atoms with van der Waals surface area (Å²) in [5.74, 6) is 1.40. The van der Waals surface area contributed by atoms with E-state index in [0.717, 1.165) is 42.8 Å². The summed E-state index contributed by atoms with van der Waals surface area (Å²) in [5.41, 5.74) is 5.77. The summed E-state index contributed by atoms with van der Waals surface area (Å²) in [6, 6.07) is 18.6. The number of fused-ring (bicyclic) bond motifs is 1. The van der Waals surface area contributed by atoms with Gasteiger partial charge in [-0.25, -0.2) is 4.98 Å². The molecule has 1 aliphatic heterocycles. The van der Waals surface area contributed by atoms with Gasteiger partial charge in [-0.15, -0.1) is 0 Å². The number of aromatic nitrogens is 4. The molecule has 28 heavy (non-hydrogen) atoms. The van der Waals surface area contributed by atoms with E-state index in [1.165, 1.54) is 23.2 Å². The summed E-state index contributed by atoms with van der Waals surface area (Å²) < 4.78 is 0. The number of anilines is 1. The molecule has 3 heterocycles. The molecule has 1 aliphatic rings. The Kier molecular flexibility index (Phi) is 4.49. The maximum Gasteiger partial charge on any atom is 0.147 e. The molecule has 0 saturated carbocycles. The molecule has 140 valence electrons. The normalized spacial score (nSPS) is 17.1. The zero-order valence-electron chi connectivity index (χ0n) is 15.8. The van der Waals surface area contributed by atoms with Gasteiger partial charge in [0.25, 0.3) is 0 Å². The Hall–Kier alpha value is -3.21. The summed E-state index contributed by atoms with van der Waals surface area (Å²) in [6.45, 7) is 1.96. The molecule has 0 unspecified atom stereocenters. The average molecular weight is 369 g/mol. The summed E-state index contributed by atoms with van der Waals surface area (Å²) in [7, 11) is 0. The minimum atomic E-state index is 0.434. The Balaban J connectivity index is 1.38. The smallest absolute Gasteiger partial charge is 0.147 e. The molecule has 0 bridgehead atoms. The molecule has 1 fully saturated rings. The van der Waals surface area contributed by atoms with Crippen molar-refractivity contribution < 1.29 is 0 Å². The van der Waals surface area contributed by atoms with Gasteiger partial charge in [0.1, 0.15) is 5.82 Å². The first-order valence-corrected chi connectivity index (χ1v) is 9.89. The van der Waals surface area contributed by atoms with Crippen LogP contribution in [0.25, 0.3) is 11.0 Å². The van der Waals surface area contributed by atoms with Gasteiger partial charge in [0.2, 0.25) is 0 Å². The average Bonchev–Trinajstić information content (AvgIpc) is 3.22. The highest BCUT2D eigenvalue weighted by Gasteiger charge is 2.25. The number of aromatic amines is 1. The molecule has 0 aliphatic carbocycles. The second kappa shape index (κ2) is 7.43. The van der Waals surface area contributed by atoms with E-state index in [4.69, 9.17) is 4.98 Å². The first-order valence-electron chi connectivity index (χ1n) is 9.89. The van der Waals surface area contributed by atoms with Crippen molar-refractivity contribution in [3.63, 3.8) is 0 Å². The Labute approximate surface area is 164 Å². The molecule has 4 aromatic rings. The van der Waals surface area contributed by atoms with E-state index in [0.29, 0.717) is 5.92 Å². The van der Waals surface area contributed by atoms with Crippen molar-refractivity contribution in [3.8, 4) is 0 Å². The lowest BCUT2D eigenvalue weighted by molar-refractivity contribution is 0.496. The predicted molar refractivity (Wildman–Crippen MR) is 112 cm³/mol. The van der Waals surface area contributed by atoms with E-state index >= 15 is 0 Å². The van der Waals surface area contributed by atoms with Gasteiger partial charge in [0.15, 0.2) is 0 Å². The van der Waals surface area contributed by atoms with Crippen molar-refractivity contribution in [2.75, 3.05) is 18.0 Å². The van der Waals surface area contributed by atoms with E-state index in [-0.39, 0.29) is 0 Å². The SMILES string of the molecule is c1ccc(Cc2cn[nH]c2[C@@H]2CCCN(c3cnc4ccccc4n3)C2)cc1. The van der Waals surface area contributed by atoms with Crippen LogP contribution < -0.4 is 4.90 Å². The van der Waals surface area contributed by atoms with Gasteiger partial charge in [-0.05, 0) is 36.1 Å². The Morgan fingerprint density at radius 1 is 0.964 bits per heavy atom. The predicted octanol–water partition coefficient (Wildman–Crippen LogP) is 4.33. The number of hydrogen-bond donors (Lipinski definition) is 1. The standard InChI is InChI=1S/C23H23N5/c1-2-7-17(8-3-1)13-19-14-25-27-23(19)18-9-6-12-28(16-18)22-15-24-20-10-4-5-11-21(20)26-22/h1-5,7-8,10-11,14-15,18H,6,9,12-13,16H2,(H,25,27)/t18-/m1/s1. The molecule has 0 radical (unpaired) electrons. The van der Waals surface area contributed by atoms with E-state index < -0.39 is 0 Å². The summed E-state index contributed by atoms with van der Waals surface area (Å²) in [4.78, 5) is 11.8. The van der Waals surface area contributed by atoms with E-state index in [1.54, 1.807) is 0 Å². The number of rotatable bonds is 4.